The van der Waals surface area contributed by atoms with Gasteiger partial charge in [-0.25, -0.2) is 0 Å². The molecule has 2 unspecified atom stereocenters. The van der Waals surface area contributed by atoms with E-state index in [-0.39, 0.29) is 0 Å². The summed E-state index contributed by atoms with van der Waals surface area (Å²) < 4.78 is 0. The second-order valence-electron chi connectivity index (χ2n) is 5.36. The predicted octanol–water partition coefficient (Wildman–Crippen LogP) is 1.61. The smallest absolute Gasteiger partial charge is 0.0901 e. The molecule has 0 radical (unpaired) electrons. The van der Waals surface area contributed by atoms with Crippen LogP contribution in [0.15, 0.2) is 0 Å². The molecule has 2 heterocycles. The summed E-state index contributed by atoms with van der Waals surface area (Å²) >= 11 is 5.17. The monoisotopic (exact) mass is 255 g/mol. The zero-order chi connectivity index (χ0) is 12.3. The molecule has 0 aromatic carbocycles. The van der Waals surface area contributed by atoms with Crippen molar-refractivity contribution in [1.82, 2.24) is 9.80 Å². The third kappa shape index (κ3) is 3.18. The Morgan fingerprint density at radius 1 is 1.29 bits per heavy atom. The van der Waals surface area contributed by atoms with Crippen LogP contribution in [0, 0.1) is 0 Å². The SMILES string of the molecule is CCC(C(N)=S)N1CCC(N2CCCCC2)C1. The van der Waals surface area contributed by atoms with Gasteiger partial charge < -0.3 is 5.73 Å². The lowest BCUT2D eigenvalue weighted by Crippen LogP contribution is -2.45. The average Bonchev–Trinajstić information content (AvgIpc) is 2.80. The highest BCUT2D eigenvalue weighted by Gasteiger charge is 2.32. The molecule has 0 aromatic rings. The van der Waals surface area contributed by atoms with E-state index >= 15 is 0 Å². The molecule has 2 saturated heterocycles. The van der Waals surface area contributed by atoms with Crippen molar-refractivity contribution in [3.63, 3.8) is 0 Å². The van der Waals surface area contributed by atoms with Crippen LogP contribution in [-0.4, -0.2) is 53.1 Å². The van der Waals surface area contributed by atoms with Gasteiger partial charge in [-0.3, -0.25) is 9.80 Å². The lowest BCUT2D eigenvalue weighted by atomic mass is 10.1. The van der Waals surface area contributed by atoms with Crippen LogP contribution in [0.4, 0.5) is 0 Å². The van der Waals surface area contributed by atoms with Gasteiger partial charge in [0.05, 0.1) is 11.0 Å². The molecule has 0 aliphatic carbocycles. The van der Waals surface area contributed by atoms with E-state index in [0.29, 0.717) is 11.0 Å². The van der Waals surface area contributed by atoms with E-state index in [2.05, 4.69) is 16.7 Å². The fraction of sp³-hybridized carbons (Fsp3) is 0.923. The zero-order valence-corrected chi connectivity index (χ0v) is 11.7. The molecule has 0 bridgehead atoms. The molecular formula is C13H25N3S. The molecule has 4 heteroatoms. The van der Waals surface area contributed by atoms with Crippen molar-refractivity contribution in [3.8, 4) is 0 Å². The molecule has 2 atom stereocenters. The maximum Gasteiger partial charge on any atom is 0.0901 e. The van der Waals surface area contributed by atoms with Gasteiger partial charge in [0, 0.05) is 19.1 Å². The van der Waals surface area contributed by atoms with E-state index in [1.165, 1.54) is 38.8 Å². The number of piperidine rings is 1. The summed E-state index contributed by atoms with van der Waals surface area (Å²) in [6, 6.07) is 1.07. The molecule has 17 heavy (non-hydrogen) atoms. The molecule has 0 amide bonds. The van der Waals surface area contributed by atoms with Gasteiger partial charge in [-0.1, -0.05) is 25.6 Å². The standard InChI is InChI=1S/C13H25N3S/c1-2-12(13(14)17)16-9-6-11(10-16)15-7-4-3-5-8-15/h11-12H,2-10H2,1H3,(H2,14,17). The summed E-state index contributed by atoms with van der Waals surface area (Å²) in [5, 5.41) is 0. The maximum atomic E-state index is 5.83. The van der Waals surface area contributed by atoms with Gasteiger partial charge in [-0.2, -0.15) is 0 Å². The summed E-state index contributed by atoms with van der Waals surface area (Å²) in [6.07, 6.45) is 6.50. The first-order chi connectivity index (χ1) is 8.22. The average molecular weight is 255 g/mol. The number of rotatable bonds is 4. The summed E-state index contributed by atoms with van der Waals surface area (Å²) in [5.74, 6) is 0. The number of likely N-dealkylation sites (tertiary alicyclic amines) is 2. The first-order valence-corrected chi connectivity index (χ1v) is 7.40. The summed E-state index contributed by atoms with van der Waals surface area (Å²) in [6.45, 7) is 7.09. The molecule has 98 valence electrons. The van der Waals surface area contributed by atoms with E-state index in [4.69, 9.17) is 18.0 Å². The Bertz CT molecular complexity index is 263. The predicted molar refractivity (Wildman–Crippen MR) is 76.3 cm³/mol. The van der Waals surface area contributed by atoms with Crippen molar-refractivity contribution < 1.29 is 0 Å². The number of nitrogens with zero attached hydrogens (tertiary/aromatic N) is 2. The van der Waals surface area contributed by atoms with Crippen LogP contribution in [0.1, 0.15) is 39.0 Å². The van der Waals surface area contributed by atoms with Gasteiger partial charge in [0.15, 0.2) is 0 Å². The van der Waals surface area contributed by atoms with Crippen molar-refractivity contribution in [2.24, 2.45) is 5.73 Å². The van der Waals surface area contributed by atoms with E-state index < -0.39 is 0 Å². The second kappa shape index (κ2) is 6.12. The summed E-state index contributed by atoms with van der Waals surface area (Å²) in [7, 11) is 0. The zero-order valence-electron chi connectivity index (χ0n) is 10.9. The van der Waals surface area contributed by atoms with Crippen molar-refractivity contribution in [3.05, 3.63) is 0 Å². The van der Waals surface area contributed by atoms with E-state index in [9.17, 15) is 0 Å². The minimum Gasteiger partial charge on any atom is -0.392 e. The van der Waals surface area contributed by atoms with Gasteiger partial charge in [0.2, 0.25) is 0 Å². The second-order valence-corrected chi connectivity index (χ2v) is 5.83. The largest absolute Gasteiger partial charge is 0.392 e. The Morgan fingerprint density at radius 3 is 2.59 bits per heavy atom. The Morgan fingerprint density at radius 2 is 2.00 bits per heavy atom. The number of nitrogens with two attached hydrogens (primary N) is 1. The van der Waals surface area contributed by atoms with E-state index in [1.54, 1.807) is 0 Å². The molecule has 2 rings (SSSR count). The van der Waals surface area contributed by atoms with Crippen molar-refractivity contribution >= 4 is 17.2 Å². The van der Waals surface area contributed by atoms with Gasteiger partial charge in [-0.05, 0) is 38.8 Å². The minimum atomic E-state index is 0.319. The molecule has 3 nitrogen and oxygen atoms in total. The van der Waals surface area contributed by atoms with Crippen LogP contribution >= 0.6 is 12.2 Å². The number of hydrogen-bond donors (Lipinski definition) is 1. The van der Waals surface area contributed by atoms with Gasteiger partial charge in [0.25, 0.3) is 0 Å². The van der Waals surface area contributed by atoms with Crippen LogP contribution in [0.2, 0.25) is 0 Å². The summed E-state index contributed by atoms with van der Waals surface area (Å²) in [5.41, 5.74) is 5.83. The van der Waals surface area contributed by atoms with E-state index in [0.717, 1.165) is 25.6 Å². The van der Waals surface area contributed by atoms with Crippen LogP contribution in [0.25, 0.3) is 0 Å². The third-order valence-corrected chi connectivity index (χ3v) is 4.53. The van der Waals surface area contributed by atoms with Gasteiger partial charge in [-0.15, -0.1) is 0 Å². The highest BCUT2D eigenvalue weighted by molar-refractivity contribution is 7.80. The summed E-state index contributed by atoms with van der Waals surface area (Å²) in [4.78, 5) is 5.84. The topological polar surface area (TPSA) is 32.5 Å². The Labute approximate surface area is 110 Å². The molecule has 2 aliphatic heterocycles. The lowest BCUT2D eigenvalue weighted by Gasteiger charge is -2.33. The molecule has 0 saturated carbocycles. The molecular weight excluding hydrogens is 230 g/mol. The molecule has 0 aromatic heterocycles. The highest BCUT2D eigenvalue weighted by Crippen LogP contribution is 2.22. The Balaban J connectivity index is 1.87. The third-order valence-electron chi connectivity index (χ3n) is 4.26. The molecule has 2 N–H and O–H groups in total. The van der Waals surface area contributed by atoms with Crippen LogP contribution in [0.5, 0.6) is 0 Å². The molecule has 0 spiro atoms. The molecule has 2 fully saturated rings. The first kappa shape index (κ1) is 13.2. The fourth-order valence-corrected chi connectivity index (χ4v) is 3.59. The van der Waals surface area contributed by atoms with Crippen LogP contribution in [-0.2, 0) is 0 Å². The molecule has 2 aliphatic rings. The Kier molecular flexibility index (Phi) is 4.77. The first-order valence-electron chi connectivity index (χ1n) is 6.99. The van der Waals surface area contributed by atoms with Crippen LogP contribution < -0.4 is 5.73 Å². The lowest BCUT2D eigenvalue weighted by molar-refractivity contribution is 0.158. The number of thiocarbonyl (C=S) groups is 1. The fourth-order valence-electron chi connectivity index (χ4n) is 3.27. The Hall–Kier alpha value is -0.190. The van der Waals surface area contributed by atoms with Gasteiger partial charge >= 0.3 is 0 Å². The van der Waals surface area contributed by atoms with Crippen molar-refractivity contribution in [2.45, 2.75) is 51.1 Å². The van der Waals surface area contributed by atoms with Crippen molar-refractivity contribution in [2.75, 3.05) is 26.2 Å². The maximum absolute atomic E-state index is 5.83. The van der Waals surface area contributed by atoms with Crippen molar-refractivity contribution in [1.29, 1.82) is 0 Å². The normalized spacial score (nSPS) is 29.4. The van der Waals surface area contributed by atoms with Crippen LogP contribution in [0.3, 0.4) is 0 Å². The minimum absolute atomic E-state index is 0.319. The van der Waals surface area contributed by atoms with Gasteiger partial charge in [0.1, 0.15) is 0 Å². The quantitative estimate of drug-likeness (QED) is 0.774. The number of hydrogen-bond acceptors (Lipinski definition) is 3. The highest BCUT2D eigenvalue weighted by atomic mass is 32.1. The van der Waals surface area contributed by atoms with E-state index in [1.807, 2.05) is 0 Å².